The smallest absolute Gasteiger partial charge is 0.259 e. The monoisotopic (exact) mass is 290 g/mol. The summed E-state index contributed by atoms with van der Waals surface area (Å²) < 4.78 is 0. The summed E-state index contributed by atoms with van der Waals surface area (Å²) >= 11 is 6.04. The molecule has 0 bridgehead atoms. The fraction of sp³-hybridized carbons (Fsp3) is 0.214. The zero-order valence-corrected chi connectivity index (χ0v) is 11.6. The molecule has 2 aliphatic rings. The second kappa shape index (κ2) is 4.18. The van der Waals surface area contributed by atoms with Gasteiger partial charge in [-0.25, -0.2) is 0 Å². The van der Waals surface area contributed by atoms with Crippen LogP contribution in [0.15, 0.2) is 29.8 Å². The highest BCUT2D eigenvalue weighted by Crippen LogP contribution is 2.40. The van der Waals surface area contributed by atoms with E-state index in [1.54, 1.807) is 25.2 Å². The minimum Gasteiger partial charge on any atom is -0.311 e. The first-order valence-electron chi connectivity index (χ1n) is 6.02. The summed E-state index contributed by atoms with van der Waals surface area (Å²) in [5.74, 6) is -1.33. The van der Waals surface area contributed by atoms with E-state index in [1.807, 2.05) is 6.07 Å². The number of rotatable bonds is 0. The van der Waals surface area contributed by atoms with Crippen molar-refractivity contribution in [1.29, 1.82) is 0 Å². The van der Waals surface area contributed by atoms with Crippen LogP contribution < -0.4 is 4.90 Å². The summed E-state index contributed by atoms with van der Waals surface area (Å²) in [5, 5.41) is -1.11. The van der Waals surface area contributed by atoms with Gasteiger partial charge < -0.3 is 4.90 Å². The number of carbonyl (C=O) groups excluding carboxylic acids is 3. The summed E-state index contributed by atoms with van der Waals surface area (Å²) in [6.45, 7) is 0. The fourth-order valence-electron chi connectivity index (χ4n) is 2.55. The number of benzene rings is 1. The SMILES string of the molecule is CN1C(=O)/C(=C2/C(=O)N(C)c3ccccc32)C(Cl)C1=O. The van der Waals surface area contributed by atoms with Crippen molar-refractivity contribution < 1.29 is 14.4 Å². The number of nitrogens with zero attached hydrogens (tertiary/aromatic N) is 2. The maximum absolute atomic E-state index is 12.4. The van der Waals surface area contributed by atoms with Gasteiger partial charge in [-0.3, -0.25) is 19.3 Å². The Hall–Kier alpha value is -2.14. The Morgan fingerprint density at radius 3 is 2.25 bits per heavy atom. The van der Waals surface area contributed by atoms with Gasteiger partial charge in [0.1, 0.15) is 5.38 Å². The molecular formula is C14H11ClN2O3. The van der Waals surface area contributed by atoms with E-state index < -0.39 is 17.2 Å². The van der Waals surface area contributed by atoms with Crippen molar-refractivity contribution >= 4 is 40.6 Å². The molecule has 1 saturated heterocycles. The molecular weight excluding hydrogens is 280 g/mol. The molecule has 6 heteroatoms. The van der Waals surface area contributed by atoms with Crippen LogP contribution in [0.5, 0.6) is 0 Å². The number of hydrogen-bond acceptors (Lipinski definition) is 3. The molecule has 0 spiro atoms. The molecule has 0 aromatic heterocycles. The van der Waals surface area contributed by atoms with Gasteiger partial charge >= 0.3 is 0 Å². The lowest BCUT2D eigenvalue weighted by atomic mass is 10.00. The maximum atomic E-state index is 12.4. The lowest BCUT2D eigenvalue weighted by Gasteiger charge is -2.08. The molecule has 1 atom stereocenters. The average molecular weight is 291 g/mol. The summed E-state index contributed by atoms with van der Waals surface area (Å²) in [6.07, 6.45) is 0. The third-order valence-electron chi connectivity index (χ3n) is 3.66. The predicted octanol–water partition coefficient (Wildman–Crippen LogP) is 1.02. The number of fused-ring (bicyclic) bond motifs is 1. The molecule has 5 nitrogen and oxygen atoms in total. The number of likely N-dealkylation sites (N-methyl/N-ethyl adjacent to an activating group) is 2. The summed E-state index contributed by atoms with van der Waals surface area (Å²) in [5.41, 5.74) is 1.64. The number of imide groups is 1. The van der Waals surface area contributed by atoms with Gasteiger partial charge in [0.2, 0.25) is 0 Å². The normalized spacial score (nSPS) is 25.8. The van der Waals surface area contributed by atoms with E-state index in [-0.39, 0.29) is 17.1 Å². The van der Waals surface area contributed by atoms with E-state index in [4.69, 9.17) is 11.6 Å². The van der Waals surface area contributed by atoms with E-state index in [0.29, 0.717) is 11.3 Å². The van der Waals surface area contributed by atoms with Gasteiger partial charge in [-0.05, 0) is 6.07 Å². The maximum Gasteiger partial charge on any atom is 0.259 e. The van der Waals surface area contributed by atoms with E-state index in [1.165, 1.54) is 11.9 Å². The van der Waals surface area contributed by atoms with Crippen molar-refractivity contribution in [2.45, 2.75) is 5.38 Å². The molecule has 0 saturated carbocycles. The Morgan fingerprint density at radius 1 is 1.00 bits per heavy atom. The highest BCUT2D eigenvalue weighted by atomic mass is 35.5. The topological polar surface area (TPSA) is 57.7 Å². The Kier molecular flexibility index (Phi) is 2.69. The van der Waals surface area contributed by atoms with Crippen molar-refractivity contribution in [1.82, 2.24) is 4.90 Å². The van der Waals surface area contributed by atoms with Crippen LogP contribution in [-0.4, -0.2) is 42.1 Å². The molecule has 1 fully saturated rings. The fourth-order valence-corrected chi connectivity index (χ4v) is 2.90. The highest BCUT2D eigenvalue weighted by molar-refractivity contribution is 6.46. The molecule has 3 amide bonds. The van der Waals surface area contributed by atoms with E-state index in [0.717, 1.165) is 4.90 Å². The van der Waals surface area contributed by atoms with Crippen LogP contribution >= 0.6 is 11.6 Å². The number of anilines is 1. The van der Waals surface area contributed by atoms with Crippen molar-refractivity contribution in [3.8, 4) is 0 Å². The molecule has 3 rings (SSSR count). The number of halogens is 1. The molecule has 2 aliphatic heterocycles. The van der Waals surface area contributed by atoms with Crippen LogP contribution in [0, 0.1) is 0 Å². The second-order valence-corrected chi connectivity index (χ2v) is 5.17. The minimum atomic E-state index is -1.11. The number of amides is 3. The largest absolute Gasteiger partial charge is 0.311 e. The number of hydrogen-bond donors (Lipinski definition) is 0. The Labute approximate surface area is 120 Å². The quantitative estimate of drug-likeness (QED) is 0.407. The van der Waals surface area contributed by atoms with Crippen LogP contribution in [-0.2, 0) is 14.4 Å². The van der Waals surface area contributed by atoms with Crippen LogP contribution in [0.1, 0.15) is 5.56 Å². The van der Waals surface area contributed by atoms with Gasteiger partial charge in [0.05, 0.1) is 16.8 Å². The second-order valence-electron chi connectivity index (χ2n) is 4.73. The van der Waals surface area contributed by atoms with Gasteiger partial charge in [-0.2, -0.15) is 0 Å². The van der Waals surface area contributed by atoms with Crippen LogP contribution in [0.25, 0.3) is 5.57 Å². The van der Waals surface area contributed by atoms with Crippen LogP contribution in [0.3, 0.4) is 0 Å². The zero-order chi connectivity index (χ0) is 14.6. The summed E-state index contributed by atoms with van der Waals surface area (Å²) in [4.78, 5) is 38.8. The first kappa shape index (κ1) is 12.9. The molecule has 20 heavy (non-hydrogen) atoms. The number of alkyl halides is 1. The van der Waals surface area contributed by atoms with E-state index in [2.05, 4.69) is 0 Å². The molecule has 1 aromatic rings. The number of likely N-dealkylation sites (tertiary alicyclic amines) is 1. The Morgan fingerprint density at radius 2 is 1.65 bits per heavy atom. The van der Waals surface area contributed by atoms with Crippen molar-refractivity contribution in [3.63, 3.8) is 0 Å². The lowest BCUT2D eigenvalue weighted by molar-refractivity contribution is -0.135. The van der Waals surface area contributed by atoms with Crippen molar-refractivity contribution in [2.75, 3.05) is 19.0 Å². The molecule has 102 valence electrons. The third-order valence-corrected chi connectivity index (χ3v) is 4.06. The van der Waals surface area contributed by atoms with Crippen molar-refractivity contribution in [2.24, 2.45) is 0 Å². The number of para-hydroxylation sites is 1. The van der Waals surface area contributed by atoms with Gasteiger partial charge in [-0.1, -0.05) is 18.2 Å². The van der Waals surface area contributed by atoms with Gasteiger partial charge in [0.25, 0.3) is 17.7 Å². The predicted molar refractivity (Wildman–Crippen MR) is 74.2 cm³/mol. The van der Waals surface area contributed by atoms with Gasteiger partial charge in [0.15, 0.2) is 0 Å². The molecule has 0 radical (unpaired) electrons. The Balaban J connectivity index is 2.30. The van der Waals surface area contributed by atoms with Crippen LogP contribution in [0.4, 0.5) is 5.69 Å². The molecule has 1 aromatic carbocycles. The third kappa shape index (κ3) is 1.47. The number of carbonyl (C=O) groups is 3. The first-order valence-corrected chi connectivity index (χ1v) is 6.46. The standard InChI is InChI=1S/C14H11ClN2O3/c1-16-8-6-4-3-5-7(8)9(12(16)18)10-11(15)14(20)17(2)13(10)19/h3-6,11H,1-2H3/b10-9+. The lowest BCUT2D eigenvalue weighted by Crippen LogP contribution is -2.26. The van der Waals surface area contributed by atoms with E-state index >= 15 is 0 Å². The summed E-state index contributed by atoms with van der Waals surface area (Å²) in [6, 6.07) is 7.12. The van der Waals surface area contributed by atoms with Crippen molar-refractivity contribution in [3.05, 3.63) is 35.4 Å². The zero-order valence-electron chi connectivity index (χ0n) is 10.9. The highest BCUT2D eigenvalue weighted by Gasteiger charge is 2.46. The minimum absolute atomic E-state index is 0.0703. The average Bonchev–Trinajstić information content (AvgIpc) is 2.80. The van der Waals surface area contributed by atoms with E-state index in [9.17, 15) is 14.4 Å². The Bertz CT molecular complexity index is 695. The van der Waals surface area contributed by atoms with Crippen LogP contribution in [0.2, 0.25) is 0 Å². The molecule has 1 unspecified atom stereocenters. The van der Waals surface area contributed by atoms with Gasteiger partial charge in [0, 0.05) is 19.7 Å². The molecule has 0 N–H and O–H groups in total. The summed E-state index contributed by atoms with van der Waals surface area (Å²) in [7, 11) is 2.99. The first-order chi connectivity index (χ1) is 9.45. The van der Waals surface area contributed by atoms with Gasteiger partial charge in [-0.15, -0.1) is 11.6 Å². The molecule has 0 aliphatic carbocycles. The molecule has 2 heterocycles.